The molecule has 4 aromatic rings. The number of piperazine rings is 1. The Morgan fingerprint density at radius 2 is 2.10 bits per heavy atom. The monoisotopic (exact) mass is 474 g/mol. The Kier molecular flexibility index (Phi) is 5.31. The molecule has 1 atom stereocenters. The molecule has 1 unspecified atom stereocenters. The standard InChI is InChI=1S/C21H19ClN4O3S2/c22-15-4-3-14-8-21(30-20(14)9-15)31(28,29)26-7-6-25(17(12-26)13-27)11-16-10-19-18(24-16)2-1-5-23-19/h1-5,8-10,13,17,24H,6-7,11-12H2. The highest BCUT2D eigenvalue weighted by Crippen LogP contribution is 2.33. The molecule has 0 bridgehead atoms. The van der Waals surface area contributed by atoms with Crippen molar-refractivity contribution < 1.29 is 13.2 Å². The molecule has 0 radical (unpaired) electrons. The molecule has 3 aromatic heterocycles. The third-order valence-electron chi connectivity index (χ3n) is 5.53. The number of rotatable bonds is 5. The molecule has 10 heteroatoms. The molecular weight excluding hydrogens is 456 g/mol. The van der Waals surface area contributed by atoms with Crippen LogP contribution in [0.3, 0.4) is 0 Å². The predicted octanol–water partition coefficient (Wildman–Crippen LogP) is 3.51. The van der Waals surface area contributed by atoms with Gasteiger partial charge in [0.15, 0.2) is 0 Å². The molecule has 1 saturated heterocycles. The Morgan fingerprint density at radius 3 is 2.90 bits per heavy atom. The van der Waals surface area contributed by atoms with Crippen molar-refractivity contribution in [1.82, 2.24) is 19.2 Å². The van der Waals surface area contributed by atoms with Crippen LogP contribution in [0.1, 0.15) is 5.69 Å². The Bertz CT molecular complexity index is 1350. The number of aromatic nitrogens is 2. The summed E-state index contributed by atoms with van der Waals surface area (Å²) in [6, 6.07) is 12.2. The SMILES string of the molecule is O=CC1CN(S(=O)(=O)c2cc3ccc(Cl)cc3s2)CCN1Cc1cc2ncccc2[nH]1. The summed E-state index contributed by atoms with van der Waals surface area (Å²) >= 11 is 7.23. The second kappa shape index (κ2) is 7.99. The number of aldehydes is 1. The van der Waals surface area contributed by atoms with E-state index in [4.69, 9.17) is 11.6 Å². The van der Waals surface area contributed by atoms with Gasteiger partial charge in [-0.25, -0.2) is 8.42 Å². The van der Waals surface area contributed by atoms with Gasteiger partial charge in [-0.3, -0.25) is 9.88 Å². The summed E-state index contributed by atoms with van der Waals surface area (Å²) in [5.41, 5.74) is 2.75. The van der Waals surface area contributed by atoms with Crippen molar-refractivity contribution in [2.24, 2.45) is 0 Å². The highest BCUT2D eigenvalue weighted by molar-refractivity contribution is 7.91. The molecule has 160 valence electrons. The topological polar surface area (TPSA) is 86.4 Å². The van der Waals surface area contributed by atoms with E-state index in [1.165, 1.54) is 15.6 Å². The third kappa shape index (κ3) is 3.88. The summed E-state index contributed by atoms with van der Waals surface area (Å²) in [4.78, 5) is 21.5. The van der Waals surface area contributed by atoms with Crippen LogP contribution in [-0.4, -0.2) is 59.6 Å². The Morgan fingerprint density at radius 1 is 1.23 bits per heavy atom. The molecule has 7 nitrogen and oxygen atoms in total. The normalized spacial score (nSPS) is 18.7. The van der Waals surface area contributed by atoms with E-state index in [0.717, 1.165) is 33.1 Å². The summed E-state index contributed by atoms with van der Waals surface area (Å²) in [6.07, 6.45) is 2.56. The van der Waals surface area contributed by atoms with Gasteiger partial charge >= 0.3 is 0 Å². The number of halogens is 1. The van der Waals surface area contributed by atoms with E-state index in [1.807, 2.05) is 29.2 Å². The lowest BCUT2D eigenvalue weighted by Gasteiger charge is -2.37. The van der Waals surface area contributed by atoms with E-state index in [9.17, 15) is 13.2 Å². The van der Waals surface area contributed by atoms with Gasteiger partial charge in [-0.2, -0.15) is 4.31 Å². The fourth-order valence-corrected chi connectivity index (χ4v) is 7.19. The Labute approximate surface area is 188 Å². The van der Waals surface area contributed by atoms with Gasteiger partial charge in [-0.1, -0.05) is 17.7 Å². The van der Waals surface area contributed by atoms with Crippen molar-refractivity contribution in [3.05, 3.63) is 59.4 Å². The maximum Gasteiger partial charge on any atom is 0.252 e. The van der Waals surface area contributed by atoms with E-state index in [0.29, 0.717) is 24.7 Å². The van der Waals surface area contributed by atoms with Crippen LogP contribution >= 0.6 is 22.9 Å². The number of nitrogens with zero attached hydrogens (tertiary/aromatic N) is 3. The molecule has 5 rings (SSSR count). The number of hydrogen-bond acceptors (Lipinski definition) is 6. The zero-order valence-electron chi connectivity index (χ0n) is 16.4. The second-order valence-electron chi connectivity index (χ2n) is 7.52. The minimum absolute atomic E-state index is 0.124. The van der Waals surface area contributed by atoms with E-state index in [2.05, 4.69) is 9.97 Å². The molecule has 0 aliphatic carbocycles. The van der Waals surface area contributed by atoms with Crippen molar-refractivity contribution in [2.75, 3.05) is 19.6 Å². The van der Waals surface area contributed by atoms with Gasteiger partial charge in [0.2, 0.25) is 0 Å². The molecule has 1 aliphatic heterocycles. The number of benzene rings is 1. The van der Waals surface area contributed by atoms with E-state index >= 15 is 0 Å². The number of carbonyl (C=O) groups is 1. The van der Waals surface area contributed by atoms with Crippen LogP contribution in [0.15, 0.2) is 52.9 Å². The quantitative estimate of drug-likeness (QED) is 0.447. The molecular formula is C21H19ClN4O3S2. The van der Waals surface area contributed by atoms with Gasteiger partial charge in [0.05, 0.1) is 17.1 Å². The Balaban J connectivity index is 1.35. The lowest BCUT2D eigenvalue weighted by atomic mass is 10.2. The number of hydrogen-bond donors (Lipinski definition) is 1. The highest BCUT2D eigenvalue weighted by Gasteiger charge is 2.35. The summed E-state index contributed by atoms with van der Waals surface area (Å²) in [5.74, 6) is 0. The molecule has 4 heterocycles. The molecule has 1 N–H and O–H groups in total. The van der Waals surface area contributed by atoms with Gasteiger partial charge in [0, 0.05) is 47.8 Å². The second-order valence-corrected chi connectivity index (χ2v) is 11.2. The summed E-state index contributed by atoms with van der Waals surface area (Å²) in [7, 11) is -3.69. The van der Waals surface area contributed by atoms with Gasteiger partial charge < -0.3 is 9.78 Å². The molecule has 1 fully saturated rings. The Hall–Kier alpha value is -2.30. The number of sulfonamides is 1. The zero-order chi connectivity index (χ0) is 21.6. The molecule has 0 amide bonds. The van der Waals surface area contributed by atoms with E-state index in [1.54, 1.807) is 24.4 Å². The number of H-pyrrole nitrogens is 1. The summed E-state index contributed by atoms with van der Waals surface area (Å²) in [5, 5.41) is 1.41. The number of nitrogens with one attached hydrogen (secondary N) is 1. The fourth-order valence-electron chi connectivity index (χ4n) is 3.92. The first-order valence-corrected chi connectivity index (χ1v) is 12.4. The molecule has 1 aromatic carbocycles. The van der Waals surface area contributed by atoms with Gasteiger partial charge in [0.25, 0.3) is 10.0 Å². The van der Waals surface area contributed by atoms with Gasteiger partial charge in [-0.05, 0) is 41.8 Å². The van der Waals surface area contributed by atoms with Gasteiger partial charge in [-0.15, -0.1) is 11.3 Å². The predicted molar refractivity (Wildman–Crippen MR) is 122 cm³/mol. The van der Waals surface area contributed by atoms with Gasteiger partial charge in [0.1, 0.15) is 10.5 Å². The largest absolute Gasteiger partial charge is 0.356 e. The third-order valence-corrected chi connectivity index (χ3v) is 9.17. The zero-order valence-corrected chi connectivity index (χ0v) is 18.8. The van der Waals surface area contributed by atoms with E-state index < -0.39 is 16.1 Å². The van der Waals surface area contributed by atoms with Crippen molar-refractivity contribution >= 4 is 60.4 Å². The summed E-state index contributed by atoms with van der Waals surface area (Å²) in [6.45, 7) is 1.43. The maximum atomic E-state index is 13.2. The first-order chi connectivity index (χ1) is 14.9. The number of thiophene rings is 1. The first-order valence-electron chi connectivity index (χ1n) is 9.75. The average Bonchev–Trinajstić information content (AvgIpc) is 3.37. The van der Waals surface area contributed by atoms with Crippen LogP contribution in [0.25, 0.3) is 21.1 Å². The number of aromatic amines is 1. The van der Waals surface area contributed by atoms with Crippen LogP contribution < -0.4 is 0 Å². The van der Waals surface area contributed by atoms with Crippen molar-refractivity contribution in [2.45, 2.75) is 16.8 Å². The smallest absolute Gasteiger partial charge is 0.252 e. The average molecular weight is 475 g/mol. The minimum Gasteiger partial charge on any atom is -0.356 e. The van der Waals surface area contributed by atoms with E-state index in [-0.39, 0.29) is 10.8 Å². The molecule has 1 aliphatic rings. The van der Waals surface area contributed by atoms with Crippen LogP contribution in [0, 0.1) is 0 Å². The molecule has 0 saturated carbocycles. The van der Waals surface area contributed by atoms with Crippen LogP contribution in [0.5, 0.6) is 0 Å². The van der Waals surface area contributed by atoms with Crippen LogP contribution in [0.2, 0.25) is 5.02 Å². The molecule has 31 heavy (non-hydrogen) atoms. The lowest BCUT2D eigenvalue weighted by Crippen LogP contribution is -2.54. The van der Waals surface area contributed by atoms with Crippen molar-refractivity contribution in [1.29, 1.82) is 0 Å². The summed E-state index contributed by atoms with van der Waals surface area (Å²) < 4.78 is 29.0. The first kappa shape index (κ1) is 20.6. The van der Waals surface area contributed by atoms with Crippen molar-refractivity contribution in [3.63, 3.8) is 0 Å². The molecule has 0 spiro atoms. The number of carbonyl (C=O) groups excluding carboxylic acids is 1. The highest BCUT2D eigenvalue weighted by atomic mass is 35.5. The fraction of sp³-hybridized carbons (Fsp3) is 0.238. The minimum atomic E-state index is -3.69. The van der Waals surface area contributed by atoms with Crippen LogP contribution in [-0.2, 0) is 21.4 Å². The maximum absolute atomic E-state index is 13.2. The number of fused-ring (bicyclic) bond motifs is 2. The lowest BCUT2D eigenvalue weighted by molar-refractivity contribution is -0.114. The number of pyridine rings is 1. The van der Waals surface area contributed by atoms with Crippen LogP contribution in [0.4, 0.5) is 0 Å². The van der Waals surface area contributed by atoms with Crippen molar-refractivity contribution in [3.8, 4) is 0 Å².